The summed E-state index contributed by atoms with van der Waals surface area (Å²) in [7, 11) is 4.33. The number of amides is 1. The molecular weight excluding hydrogens is 304 g/mol. The number of benzene rings is 1. The maximum absolute atomic E-state index is 11.4. The fourth-order valence-electron chi connectivity index (χ4n) is 1.78. The number of carbonyl (C=O) groups excluding carboxylic acids is 1. The molecule has 1 rings (SSSR count). The maximum Gasteiger partial charge on any atom is 0.246 e. The van der Waals surface area contributed by atoms with Crippen LogP contribution < -0.4 is 22.3 Å². The third-order valence-corrected chi connectivity index (χ3v) is 2.84. The highest BCUT2D eigenvalue weighted by molar-refractivity contribution is 5.91. The molecule has 0 aliphatic heterocycles. The largest absolute Gasteiger partial charge is 1.00 e. The summed E-state index contributed by atoms with van der Waals surface area (Å²) < 4.78 is 0.848. The highest BCUT2D eigenvalue weighted by Crippen LogP contribution is 2.08. The lowest BCUT2D eigenvalue weighted by atomic mass is 10.2. The van der Waals surface area contributed by atoms with E-state index in [2.05, 4.69) is 50.3 Å². The SMILES string of the molecule is C=C(C)C(=O)NCC[N+](C)(C)Cc1ccccc1.[Br-]. The summed E-state index contributed by atoms with van der Waals surface area (Å²) in [5.41, 5.74) is 1.87. The molecule has 0 saturated heterocycles. The van der Waals surface area contributed by atoms with Crippen molar-refractivity contribution in [3.8, 4) is 0 Å². The summed E-state index contributed by atoms with van der Waals surface area (Å²) >= 11 is 0. The van der Waals surface area contributed by atoms with Gasteiger partial charge in [0.1, 0.15) is 6.54 Å². The number of likely N-dealkylation sites (N-methyl/N-ethyl adjacent to an activating group) is 1. The van der Waals surface area contributed by atoms with Crippen LogP contribution in [-0.4, -0.2) is 37.6 Å². The highest BCUT2D eigenvalue weighted by atomic mass is 79.9. The van der Waals surface area contributed by atoms with Crippen LogP contribution in [0.25, 0.3) is 0 Å². The van der Waals surface area contributed by atoms with Crippen molar-refractivity contribution in [2.45, 2.75) is 13.5 Å². The van der Waals surface area contributed by atoms with E-state index in [-0.39, 0.29) is 22.9 Å². The molecule has 0 fully saturated rings. The minimum Gasteiger partial charge on any atom is -1.00 e. The summed E-state index contributed by atoms with van der Waals surface area (Å²) in [6.45, 7) is 7.87. The van der Waals surface area contributed by atoms with Crippen LogP contribution in [-0.2, 0) is 11.3 Å². The molecule has 0 radical (unpaired) electrons. The second-order valence-electron chi connectivity index (χ2n) is 5.34. The van der Waals surface area contributed by atoms with Gasteiger partial charge in [0.15, 0.2) is 0 Å². The molecule has 0 aliphatic rings. The molecule has 0 heterocycles. The molecule has 0 spiro atoms. The van der Waals surface area contributed by atoms with E-state index in [4.69, 9.17) is 0 Å². The fourth-order valence-corrected chi connectivity index (χ4v) is 1.78. The van der Waals surface area contributed by atoms with Crippen molar-refractivity contribution in [2.75, 3.05) is 27.2 Å². The first-order valence-electron chi connectivity index (χ1n) is 6.20. The molecule has 1 amide bonds. The molecule has 0 bridgehead atoms. The summed E-state index contributed by atoms with van der Waals surface area (Å²) in [6.07, 6.45) is 0. The van der Waals surface area contributed by atoms with Gasteiger partial charge in [-0.05, 0) is 6.92 Å². The topological polar surface area (TPSA) is 29.1 Å². The lowest BCUT2D eigenvalue weighted by Crippen LogP contribution is -3.00. The van der Waals surface area contributed by atoms with E-state index in [0.717, 1.165) is 17.6 Å². The van der Waals surface area contributed by atoms with Crippen LogP contribution in [0.15, 0.2) is 42.5 Å². The second-order valence-corrected chi connectivity index (χ2v) is 5.34. The van der Waals surface area contributed by atoms with Crippen LogP contribution in [0.3, 0.4) is 0 Å². The molecule has 4 heteroatoms. The first kappa shape index (κ1) is 17.9. The molecule has 106 valence electrons. The van der Waals surface area contributed by atoms with E-state index in [1.807, 2.05) is 6.07 Å². The number of rotatable bonds is 6. The molecule has 3 nitrogen and oxygen atoms in total. The van der Waals surface area contributed by atoms with Crippen molar-refractivity contribution in [1.82, 2.24) is 5.32 Å². The zero-order chi connectivity index (χ0) is 13.6. The van der Waals surface area contributed by atoms with Crippen molar-refractivity contribution in [1.29, 1.82) is 0 Å². The van der Waals surface area contributed by atoms with Crippen molar-refractivity contribution >= 4 is 5.91 Å². The van der Waals surface area contributed by atoms with E-state index < -0.39 is 0 Å². The zero-order valence-electron chi connectivity index (χ0n) is 11.9. The molecule has 1 aromatic carbocycles. The minimum absolute atomic E-state index is 0. The lowest BCUT2D eigenvalue weighted by Gasteiger charge is -2.30. The van der Waals surface area contributed by atoms with Crippen LogP contribution in [0.5, 0.6) is 0 Å². The summed E-state index contributed by atoms with van der Waals surface area (Å²) in [4.78, 5) is 11.4. The molecule has 19 heavy (non-hydrogen) atoms. The molecular formula is C15H23BrN2O. The van der Waals surface area contributed by atoms with E-state index in [1.54, 1.807) is 6.92 Å². The van der Waals surface area contributed by atoms with Crippen LogP contribution in [0, 0.1) is 0 Å². The second kappa shape index (κ2) is 8.12. The highest BCUT2D eigenvalue weighted by Gasteiger charge is 2.15. The van der Waals surface area contributed by atoms with Crippen LogP contribution >= 0.6 is 0 Å². The Kier molecular flexibility index (Phi) is 7.64. The minimum atomic E-state index is -0.0605. The number of nitrogens with zero attached hydrogens (tertiary/aromatic N) is 1. The molecule has 0 atom stereocenters. The number of hydrogen-bond acceptors (Lipinski definition) is 1. The Bertz CT molecular complexity index is 415. The maximum atomic E-state index is 11.4. The first-order chi connectivity index (χ1) is 8.41. The van der Waals surface area contributed by atoms with E-state index in [0.29, 0.717) is 12.1 Å². The summed E-state index contributed by atoms with van der Waals surface area (Å²) in [6, 6.07) is 10.4. The van der Waals surface area contributed by atoms with Gasteiger partial charge in [-0.15, -0.1) is 0 Å². The Morgan fingerprint density at radius 2 is 1.84 bits per heavy atom. The van der Waals surface area contributed by atoms with E-state index >= 15 is 0 Å². The molecule has 0 aliphatic carbocycles. The normalized spacial score (nSPS) is 10.5. The molecule has 1 aromatic rings. The number of halogens is 1. The molecule has 1 N–H and O–H groups in total. The number of hydrogen-bond donors (Lipinski definition) is 1. The Labute approximate surface area is 126 Å². The van der Waals surface area contributed by atoms with Gasteiger partial charge >= 0.3 is 0 Å². The number of quaternary nitrogens is 1. The number of nitrogens with one attached hydrogen (secondary N) is 1. The van der Waals surface area contributed by atoms with Gasteiger partial charge in [-0.25, -0.2) is 0 Å². The first-order valence-corrected chi connectivity index (χ1v) is 6.20. The Morgan fingerprint density at radius 3 is 2.37 bits per heavy atom. The van der Waals surface area contributed by atoms with Gasteiger partial charge in [0.05, 0.1) is 27.2 Å². The van der Waals surface area contributed by atoms with Gasteiger partial charge in [0.2, 0.25) is 5.91 Å². The van der Waals surface area contributed by atoms with Gasteiger partial charge in [-0.2, -0.15) is 0 Å². The monoisotopic (exact) mass is 326 g/mol. The lowest BCUT2D eigenvalue weighted by molar-refractivity contribution is -0.902. The van der Waals surface area contributed by atoms with Gasteiger partial charge in [-0.3, -0.25) is 4.79 Å². The van der Waals surface area contributed by atoms with E-state index in [1.165, 1.54) is 5.56 Å². The standard InChI is InChI=1S/C15H22N2O.BrH/c1-13(2)15(18)16-10-11-17(3,4)12-14-8-6-5-7-9-14;/h5-9H,1,10-12H2,2-4H3;1H. The van der Waals surface area contributed by atoms with Crippen LogP contribution in [0.4, 0.5) is 0 Å². The fraction of sp³-hybridized carbons (Fsp3) is 0.400. The number of carbonyl (C=O) groups is 1. The van der Waals surface area contributed by atoms with Crippen molar-refractivity contribution < 1.29 is 26.3 Å². The van der Waals surface area contributed by atoms with Crippen LogP contribution in [0.2, 0.25) is 0 Å². The Hall–Kier alpha value is -1.13. The quantitative estimate of drug-likeness (QED) is 0.525. The Morgan fingerprint density at radius 1 is 1.26 bits per heavy atom. The summed E-state index contributed by atoms with van der Waals surface area (Å²) in [5, 5.41) is 2.87. The van der Waals surface area contributed by atoms with Gasteiger partial charge in [0.25, 0.3) is 0 Å². The summed E-state index contributed by atoms with van der Waals surface area (Å²) in [5.74, 6) is -0.0605. The van der Waals surface area contributed by atoms with Crippen molar-refractivity contribution in [3.63, 3.8) is 0 Å². The van der Waals surface area contributed by atoms with Crippen LogP contribution in [0.1, 0.15) is 12.5 Å². The predicted molar refractivity (Wildman–Crippen MR) is 74.9 cm³/mol. The Balaban J connectivity index is 0.00000324. The van der Waals surface area contributed by atoms with Crippen molar-refractivity contribution in [2.24, 2.45) is 0 Å². The van der Waals surface area contributed by atoms with Gasteiger partial charge < -0.3 is 26.8 Å². The zero-order valence-corrected chi connectivity index (χ0v) is 13.5. The third-order valence-electron chi connectivity index (χ3n) is 2.84. The average Bonchev–Trinajstić information content (AvgIpc) is 2.29. The van der Waals surface area contributed by atoms with E-state index in [9.17, 15) is 4.79 Å². The van der Waals surface area contributed by atoms with Gasteiger partial charge in [0, 0.05) is 11.1 Å². The molecule has 0 unspecified atom stereocenters. The third kappa shape index (κ3) is 7.13. The molecule has 0 saturated carbocycles. The average molecular weight is 327 g/mol. The predicted octanol–water partition coefficient (Wildman–Crippen LogP) is -1.04. The van der Waals surface area contributed by atoms with Gasteiger partial charge in [-0.1, -0.05) is 36.9 Å². The molecule has 0 aromatic heterocycles. The smallest absolute Gasteiger partial charge is 0.246 e. The van der Waals surface area contributed by atoms with Crippen molar-refractivity contribution in [3.05, 3.63) is 48.0 Å².